The minimum absolute atomic E-state index is 0.321. The summed E-state index contributed by atoms with van der Waals surface area (Å²) < 4.78 is 1.14. The topological polar surface area (TPSA) is 20.3 Å². The summed E-state index contributed by atoms with van der Waals surface area (Å²) >= 11 is 5.18. The van der Waals surface area contributed by atoms with Crippen LogP contribution in [0, 0.1) is 17.8 Å². The molecule has 0 spiro atoms. The molecule has 4 heteroatoms. The molecule has 3 atom stereocenters. The van der Waals surface area contributed by atoms with E-state index in [1.165, 1.54) is 30.6 Å². The zero-order chi connectivity index (χ0) is 13.4. The Balaban J connectivity index is 1.52. The number of hydrogen-bond donors (Lipinski definition) is 0. The number of nitrogens with zero attached hydrogens (tertiary/aromatic N) is 1. The second-order valence-electron chi connectivity index (χ2n) is 6.09. The molecule has 2 aliphatic rings. The third-order valence-corrected chi connectivity index (χ3v) is 6.38. The molecule has 2 nitrogen and oxygen atoms in total. The minimum Gasteiger partial charge on any atom is -0.341 e. The Morgan fingerprint density at radius 2 is 2.26 bits per heavy atom. The van der Waals surface area contributed by atoms with E-state index in [9.17, 15) is 4.79 Å². The molecule has 104 valence electrons. The van der Waals surface area contributed by atoms with Gasteiger partial charge < -0.3 is 4.90 Å². The second-order valence-corrected chi connectivity index (χ2v) is 8.64. The van der Waals surface area contributed by atoms with Gasteiger partial charge in [0.05, 0.1) is 10.3 Å². The van der Waals surface area contributed by atoms with Gasteiger partial charge in [-0.15, -0.1) is 11.3 Å². The molecule has 19 heavy (non-hydrogen) atoms. The molecule has 0 radical (unpaired) electrons. The molecule has 1 aromatic rings. The van der Waals surface area contributed by atoms with Crippen LogP contribution in [0.2, 0.25) is 0 Å². The zero-order valence-electron chi connectivity index (χ0n) is 11.3. The van der Waals surface area contributed by atoms with Crippen LogP contribution in [0.25, 0.3) is 0 Å². The average molecular weight is 342 g/mol. The van der Waals surface area contributed by atoms with Crippen LogP contribution in [0.1, 0.15) is 37.0 Å². The van der Waals surface area contributed by atoms with Crippen molar-refractivity contribution in [2.75, 3.05) is 7.05 Å². The van der Waals surface area contributed by atoms with E-state index in [0.29, 0.717) is 11.8 Å². The van der Waals surface area contributed by atoms with E-state index in [2.05, 4.69) is 22.0 Å². The molecule has 0 saturated heterocycles. The normalized spacial score (nSPS) is 28.8. The van der Waals surface area contributed by atoms with Crippen molar-refractivity contribution in [3.63, 3.8) is 0 Å². The number of hydrogen-bond acceptors (Lipinski definition) is 2. The fourth-order valence-electron chi connectivity index (χ4n) is 3.77. The highest BCUT2D eigenvalue weighted by molar-refractivity contribution is 9.11. The van der Waals surface area contributed by atoms with E-state index in [-0.39, 0.29) is 0 Å². The quantitative estimate of drug-likeness (QED) is 0.799. The van der Waals surface area contributed by atoms with Crippen molar-refractivity contribution in [1.82, 2.24) is 4.90 Å². The SMILES string of the molecule is CN(Cc1ccc(Br)s1)C(=O)CC1CC2CCC1C2. The Kier molecular flexibility index (Phi) is 3.99. The number of rotatable bonds is 4. The van der Waals surface area contributed by atoms with E-state index < -0.39 is 0 Å². The van der Waals surface area contributed by atoms with Crippen LogP contribution in [-0.4, -0.2) is 17.9 Å². The summed E-state index contributed by atoms with van der Waals surface area (Å²) in [5, 5.41) is 0. The predicted molar refractivity (Wildman–Crippen MR) is 82.0 cm³/mol. The second kappa shape index (κ2) is 5.57. The first-order valence-electron chi connectivity index (χ1n) is 7.10. The molecule has 1 amide bonds. The largest absolute Gasteiger partial charge is 0.341 e. The lowest BCUT2D eigenvalue weighted by Gasteiger charge is -2.24. The third-order valence-electron chi connectivity index (χ3n) is 4.77. The summed E-state index contributed by atoms with van der Waals surface area (Å²) in [6.45, 7) is 0.746. The molecule has 2 fully saturated rings. The Labute approximate surface area is 127 Å². The molecule has 1 aromatic heterocycles. The first-order valence-corrected chi connectivity index (χ1v) is 8.71. The molecule has 2 saturated carbocycles. The Hall–Kier alpha value is -0.350. The van der Waals surface area contributed by atoms with E-state index in [4.69, 9.17) is 0 Å². The lowest BCUT2D eigenvalue weighted by atomic mass is 9.86. The maximum atomic E-state index is 12.3. The van der Waals surface area contributed by atoms with E-state index in [1.807, 2.05) is 18.0 Å². The standard InChI is InChI=1S/C15H20BrNOS/c1-17(9-13-4-5-14(16)19-13)15(18)8-12-7-10-2-3-11(12)6-10/h4-5,10-12H,2-3,6-9H2,1H3. The van der Waals surface area contributed by atoms with E-state index in [1.54, 1.807) is 11.3 Å². The molecule has 3 rings (SSSR count). The van der Waals surface area contributed by atoms with Gasteiger partial charge in [-0.3, -0.25) is 4.79 Å². The van der Waals surface area contributed by atoms with E-state index >= 15 is 0 Å². The van der Waals surface area contributed by atoms with Gasteiger partial charge in [-0.2, -0.15) is 0 Å². The summed E-state index contributed by atoms with van der Waals surface area (Å²) in [6, 6.07) is 4.14. The highest BCUT2D eigenvalue weighted by Crippen LogP contribution is 2.49. The van der Waals surface area contributed by atoms with Gasteiger partial charge in [0.1, 0.15) is 0 Å². The zero-order valence-corrected chi connectivity index (χ0v) is 13.7. The smallest absolute Gasteiger partial charge is 0.222 e. The Morgan fingerprint density at radius 3 is 2.84 bits per heavy atom. The summed E-state index contributed by atoms with van der Waals surface area (Å²) in [7, 11) is 1.93. The van der Waals surface area contributed by atoms with Gasteiger partial charge in [-0.1, -0.05) is 6.42 Å². The fraction of sp³-hybridized carbons (Fsp3) is 0.667. The van der Waals surface area contributed by atoms with Crippen LogP contribution < -0.4 is 0 Å². The maximum absolute atomic E-state index is 12.3. The summed E-state index contributed by atoms with van der Waals surface area (Å²) in [5.74, 6) is 2.77. The van der Waals surface area contributed by atoms with Gasteiger partial charge in [0.15, 0.2) is 0 Å². The van der Waals surface area contributed by atoms with Crippen molar-refractivity contribution in [2.45, 2.75) is 38.6 Å². The van der Waals surface area contributed by atoms with Gasteiger partial charge in [0, 0.05) is 18.3 Å². The maximum Gasteiger partial charge on any atom is 0.222 e. The lowest BCUT2D eigenvalue weighted by Crippen LogP contribution is -2.29. The number of fused-ring (bicyclic) bond motifs is 2. The van der Waals surface area contributed by atoms with Crippen LogP contribution >= 0.6 is 27.3 Å². The fourth-order valence-corrected chi connectivity index (χ4v) is 5.30. The van der Waals surface area contributed by atoms with Crippen LogP contribution in [0.3, 0.4) is 0 Å². The average Bonchev–Trinajstić information content (AvgIpc) is 3.06. The highest BCUT2D eigenvalue weighted by atomic mass is 79.9. The summed E-state index contributed by atoms with van der Waals surface area (Å²) in [6.07, 6.45) is 6.23. The van der Waals surface area contributed by atoms with E-state index in [0.717, 1.165) is 28.6 Å². The molecule has 2 aliphatic carbocycles. The van der Waals surface area contributed by atoms with Crippen LogP contribution in [-0.2, 0) is 11.3 Å². The first-order chi connectivity index (χ1) is 9.11. The molecule has 1 heterocycles. The molecule has 0 N–H and O–H groups in total. The number of carbonyl (C=O) groups is 1. The molecular weight excluding hydrogens is 322 g/mol. The number of amides is 1. The lowest BCUT2D eigenvalue weighted by molar-refractivity contribution is -0.131. The highest BCUT2D eigenvalue weighted by Gasteiger charge is 2.40. The number of carbonyl (C=O) groups excluding carboxylic acids is 1. The minimum atomic E-state index is 0.321. The Morgan fingerprint density at radius 1 is 1.42 bits per heavy atom. The van der Waals surface area contributed by atoms with Gasteiger partial charge in [-0.05, 0) is 65.1 Å². The molecule has 3 unspecified atom stereocenters. The molecule has 2 bridgehead atoms. The van der Waals surface area contributed by atoms with Crippen molar-refractivity contribution in [2.24, 2.45) is 17.8 Å². The van der Waals surface area contributed by atoms with Gasteiger partial charge in [0.2, 0.25) is 5.91 Å². The third kappa shape index (κ3) is 3.05. The van der Waals surface area contributed by atoms with Gasteiger partial charge in [0.25, 0.3) is 0 Å². The summed E-state index contributed by atoms with van der Waals surface area (Å²) in [4.78, 5) is 15.4. The van der Waals surface area contributed by atoms with Gasteiger partial charge >= 0.3 is 0 Å². The molecular formula is C15H20BrNOS. The van der Waals surface area contributed by atoms with Crippen molar-refractivity contribution in [3.05, 3.63) is 20.8 Å². The molecule has 0 aromatic carbocycles. The number of halogens is 1. The van der Waals surface area contributed by atoms with Crippen molar-refractivity contribution in [3.8, 4) is 0 Å². The van der Waals surface area contributed by atoms with Crippen LogP contribution in [0.4, 0.5) is 0 Å². The monoisotopic (exact) mass is 341 g/mol. The van der Waals surface area contributed by atoms with Crippen molar-refractivity contribution < 1.29 is 4.79 Å². The van der Waals surface area contributed by atoms with Crippen LogP contribution in [0.15, 0.2) is 15.9 Å². The van der Waals surface area contributed by atoms with Crippen molar-refractivity contribution >= 4 is 33.2 Å². The van der Waals surface area contributed by atoms with Crippen LogP contribution in [0.5, 0.6) is 0 Å². The van der Waals surface area contributed by atoms with Gasteiger partial charge in [-0.25, -0.2) is 0 Å². The number of thiophene rings is 1. The predicted octanol–water partition coefficient (Wildman–Crippen LogP) is 4.30. The van der Waals surface area contributed by atoms with Crippen molar-refractivity contribution in [1.29, 1.82) is 0 Å². The summed E-state index contributed by atoms with van der Waals surface area (Å²) in [5.41, 5.74) is 0. The first kappa shape index (κ1) is 13.6. The molecule has 0 aliphatic heterocycles. The Bertz CT molecular complexity index is 472.